The van der Waals surface area contributed by atoms with E-state index in [4.69, 9.17) is 15.5 Å². The number of para-hydroxylation sites is 2. The minimum atomic E-state index is 0.540. The van der Waals surface area contributed by atoms with Crippen LogP contribution in [-0.4, -0.2) is 36.7 Å². The van der Waals surface area contributed by atoms with Crippen LogP contribution in [0.1, 0.15) is 6.42 Å². The Balaban J connectivity index is 2.02. The van der Waals surface area contributed by atoms with Crippen molar-refractivity contribution >= 4 is 16.9 Å². The lowest BCUT2D eigenvalue weighted by Crippen LogP contribution is -2.24. The van der Waals surface area contributed by atoms with E-state index in [1.165, 1.54) is 0 Å². The van der Waals surface area contributed by atoms with Crippen molar-refractivity contribution in [3.05, 3.63) is 24.3 Å². The van der Waals surface area contributed by atoms with Gasteiger partial charge in [0.2, 0.25) is 0 Å². The standard InChI is InChI=1S/C14H18N4O/c1-19-14-13(18-7-6-10(8-15)9-18)16-11-4-2-3-5-12(11)17-14/h2-5,10H,6-9,15H2,1H3/t10-/m1/s1. The van der Waals surface area contributed by atoms with E-state index >= 15 is 0 Å². The lowest BCUT2D eigenvalue weighted by molar-refractivity contribution is 0.398. The lowest BCUT2D eigenvalue weighted by atomic mass is 10.1. The first-order chi connectivity index (χ1) is 9.31. The molecular weight excluding hydrogens is 240 g/mol. The van der Waals surface area contributed by atoms with Crippen LogP contribution < -0.4 is 15.4 Å². The maximum Gasteiger partial charge on any atom is 0.257 e. The highest BCUT2D eigenvalue weighted by molar-refractivity contribution is 5.77. The van der Waals surface area contributed by atoms with Gasteiger partial charge in [0.15, 0.2) is 5.82 Å². The van der Waals surface area contributed by atoms with Gasteiger partial charge < -0.3 is 15.4 Å². The fourth-order valence-electron chi connectivity index (χ4n) is 2.53. The highest BCUT2D eigenvalue weighted by Gasteiger charge is 2.25. The Morgan fingerprint density at radius 2 is 2.05 bits per heavy atom. The Bertz CT molecular complexity index is 587. The number of aromatic nitrogens is 2. The topological polar surface area (TPSA) is 64.3 Å². The van der Waals surface area contributed by atoms with Gasteiger partial charge in [0, 0.05) is 13.1 Å². The van der Waals surface area contributed by atoms with Crippen LogP contribution in [-0.2, 0) is 0 Å². The SMILES string of the molecule is COc1nc2ccccc2nc1N1CC[C@H](CN)C1. The summed E-state index contributed by atoms with van der Waals surface area (Å²) in [4.78, 5) is 11.4. The van der Waals surface area contributed by atoms with Crippen LogP contribution in [0.2, 0.25) is 0 Å². The first-order valence-electron chi connectivity index (χ1n) is 6.57. The summed E-state index contributed by atoms with van der Waals surface area (Å²) in [5, 5.41) is 0. The highest BCUT2D eigenvalue weighted by atomic mass is 16.5. The summed E-state index contributed by atoms with van der Waals surface area (Å²) in [7, 11) is 1.64. The fourth-order valence-corrected chi connectivity index (χ4v) is 2.53. The number of methoxy groups -OCH3 is 1. The maximum atomic E-state index is 5.74. The number of fused-ring (bicyclic) bond motifs is 1. The van der Waals surface area contributed by atoms with Gasteiger partial charge in [-0.15, -0.1) is 0 Å². The number of nitrogens with zero attached hydrogens (tertiary/aromatic N) is 3. The lowest BCUT2D eigenvalue weighted by Gasteiger charge is -2.19. The molecule has 0 saturated carbocycles. The molecular formula is C14H18N4O. The summed E-state index contributed by atoms with van der Waals surface area (Å²) in [5.41, 5.74) is 7.50. The molecule has 0 spiro atoms. The second kappa shape index (κ2) is 5.01. The van der Waals surface area contributed by atoms with Gasteiger partial charge >= 0.3 is 0 Å². The molecule has 3 rings (SSSR count). The van der Waals surface area contributed by atoms with E-state index in [9.17, 15) is 0 Å². The van der Waals surface area contributed by atoms with E-state index in [1.54, 1.807) is 7.11 Å². The molecule has 100 valence electrons. The van der Waals surface area contributed by atoms with E-state index in [0.717, 1.165) is 42.9 Å². The third-order valence-electron chi connectivity index (χ3n) is 3.63. The molecule has 0 aliphatic carbocycles. The minimum Gasteiger partial charge on any atom is -0.478 e. The molecule has 1 aromatic heterocycles. The number of hydrogen-bond donors (Lipinski definition) is 1. The molecule has 5 nitrogen and oxygen atoms in total. The molecule has 1 aliphatic rings. The quantitative estimate of drug-likeness (QED) is 0.902. The zero-order valence-electron chi connectivity index (χ0n) is 11.0. The molecule has 0 radical (unpaired) electrons. The summed E-state index contributed by atoms with van der Waals surface area (Å²) in [6, 6.07) is 7.85. The number of hydrogen-bond acceptors (Lipinski definition) is 5. The Labute approximate surface area is 112 Å². The smallest absolute Gasteiger partial charge is 0.257 e. The van der Waals surface area contributed by atoms with Gasteiger partial charge in [-0.3, -0.25) is 0 Å². The summed E-state index contributed by atoms with van der Waals surface area (Å²) in [5.74, 6) is 1.96. The van der Waals surface area contributed by atoms with Crippen LogP contribution in [0, 0.1) is 5.92 Å². The molecule has 1 aliphatic heterocycles. The normalized spacial score (nSPS) is 19.1. The molecule has 1 saturated heterocycles. The maximum absolute atomic E-state index is 5.74. The monoisotopic (exact) mass is 258 g/mol. The zero-order chi connectivity index (χ0) is 13.2. The Hall–Kier alpha value is -1.88. The van der Waals surface area contributed by atoms with Crippen molar-refractivity contribution in [1.29, 1.82) is 0 Å². The summed E-state index contributed by atoms with van der Waals surface area (Å²) in [6.07, 6.45) is 1.11. The van der Waals surface area contributed by atoms with Gasteiger partial charge in [-0.1, -0.05) is 12.1 Å². The number of ether oxygens (including phenoxy) is 1. The molecule has 19 heavy (non-hydrogen) atoms. The Kier molecular flexibility index (Phi) is 3.21. The summed E-state index contributed by atoms with van der Waals surface area (Å²) < 4.78 is 5.39. The number of rotatable bonds is 3. The van der Waals surface area contributed by atoms with Crippen molar-refractivity contribution in [3.8, 4) is 5.88 Å². The third kappa shape index (κ3) is 2.21. The second-order valence-corrected chi connectivity index (χ2v) is 4.88. The molecule has 5 heteroatoms. The predicted octanol–water partition coefficient (Wildman–Crippen LogP) is 1.42. The number of nitrogens with two attached hydrogens (primary N) is 1. The first-order valence-corrected chi connectivity index (χ1v) is 6.57. The van der Waals surface area contributed by atoms with Crippen LogP contribution >= 0.6 is 0 Å². The third-order valence-corrected chi connectivity index (χ3v) is 3.63. The van der Waals surface area contributed by atoms with Crippen molar-refractivity contribution in [2.45, 2.75) is 6.42 Å². The molecule has 0 unspecified atom stereocenters. The molecule has 1 aromatic carbocycles. The molecule has 1 fully saturated rings. The van der Waals surface area contributed by atoms with Gasteiger partial charge in [0.1, 0.15) is 0 Å². The fraction of sp³-hybridized carbons (Fsp3) is 0.429. The van der Waals surface area contributed by atoms with Crippen LogP contribution in [0.3, 0.4) is 0 Å². The average Bonchev–Trinajstić information content (AvgIpc) is 2.94. The molecule has 2 heterocycles. The van der Waals surface area contributed by atoms with Crippen LogP contribution in [0.5, 0.6) is 5.88 Å². The Morgan fingerprint density at radius 3 is 2.68 bits per heavy atom. The van der Waals surface area contributed by atoms with Crippen LogP contribution in [0.15, 0.2) is 24.3 Å². The van der Waals surface area contributed by atoms with Gasteiger partial charge in [-0.25, -0.2) is 9.97 Å². The van der Waals surface area contributed by atoms with E-state index in [2.05, 4.69) is 9.88 Å². The van der Waals surface area contributed by atoms with Crippen molar-refractivity contribution in [2.24, 2.45) is 11.7 Å². The molecule has 2 aromatic rings. The highest BCUT2D eigenvalue weighted by Crippen LogP contribution is 2.30. The van der Waals surface area contributed by atoms with Crippen LogP contribution in [0.4, 0.5) is 5.82 Å². The second-order valence-electron chi connectivity index (χ2n) is 4.88. The van der Waals surface area contributed by atoms with Gasteiger partial charge in [-0.2, -0.15) is 0 Å². The van der Waals surface area contributed by atoms with Gasteiger partial charge in [0.05, 0.1) is 18.1 Å². The predicted molar refractivity (Wildman–Crippen MR) is 75.5 cm³/mol. The van der Waals surface area contributed by atoms with Gasteiger partial charge in [0.25, 0.3) is 5.88 Å². The summed E-state index contributed by atoms with van der Waals surface area (Å²) in [6.45, 7) is 2.62. The molecule has 2 N–H and O–H groups in total. The van der Waals surface area contributed by atoms with E-state index in [0.29, 0.717) is 11.8 Å². The van der Waals surface area contributed by atoms with Crippen molar-refractivity contribution in [2.75, 3.05) is 31.6 Å². The van der Waals surface area contributed by atoms with Crippen molar-refractivity contribution < 1.29 is 4.74 Å². The minimum absolute atomic E-state index is 0.540. The summed E-state index contributed by atoms with van der Waals surface area (Å²) >= 11 is 0. The first kappa shape index (κ1) is 12.2. The number of anilines is 1. The molecule has 0 amide bonds. The van der Waals surface area contributed by atoms with E-state index in [-0.39, 0.29) is 0 Å². The van der Waals surface area contributed by atoms with Crippen LogP contribution in [0.25, 0.3) is 11.0 Å². The largest absolute Gasteiger partial charge is 0.478 e. The Morgan fingerprint density at radius 1 is 1.32 bits per heavy atom. The van der Waals surface area contributed by atoms with Gasteiger partial charge in [-0.05, 0) is 31.0 Å². The number of benzene rings is 1. The van der Waals surface area contributed by atoms with E-state index < -0.39 is 0 Å². The molecule has 0 bridgehead atoms. The van der Waals surface area contributed by atoms with E-state index in [1.807, 2.05) is 24.3 Å². The van der Waals surface area contributed by atoms with Crippen molar-refractivity contribution in [1.82, 2.24) is 9.97 Å². The molecule has 1 atom stereocenters. The van der Waals surface area contributed by atoms with Crippen molar-refractivity contribution in [3.63, 3.8) is 0 Å². The average molecular weight is 258 g/mol. The zero-order valence-corrected chi connectivity index (χ0v) is 11.0.